The third kappa shape index (κ3) is 7.70. The van der Waals surface area contributed by atoms with Gasteiger partial charge in [-0.2, -0.15) is 5.26 Å². The highest BCUT2D eigenvalue weighted by atomic mass is 35.5. The Hall–Kier alpha value is -3.21. The summed E-state index contributed by atoms with van der Waals surface area (Å²) in [5, 5.41) is 12.9. The third-order valence-corrected chi connectivity index (χ3v) is 5.13. The fourth-order valence-corrected chi connectivity index (χ4v) is 3.39. The maximum atomic E-state index is 12.4. The summed E-state index contributed by atoms with van der Waals surface area (Å²) in [5.74, 6) is 1.35. The number of nitriles is 1. The number of rotatable bonds is 11. The van der Waals surface area contributed by atoms with Gasteiger partial charge in [0.1, 0.15) is 30.6 Å². The van der Waals surface area contributed by atoms with Gasteiger partial charge >= 0.3 is 0 Å². The van der Waals surface area contributed by atoms with Gasteiger partial charge in [-0.3, -0.25) is 4.79 Å². The summed E-state index contributed by atoms with van der Waals surface area (Å²) in [7, 11) is 0. The van der Waals surface area contributed by atoms with Crippen molar-refractivity contribution in [3.63, 3.8) is 0 Å². The molecule has 3 rings (SSSR count). The zero-order valence-corrected chi connectivity index (χ0v) is 19.3. The van der Waals surface area contributed by atoms with Gasteiger partial charge in [-0.05, 0) is 67.8 Å². The van der Waals surface area contributed by atoms with Crippen LogP contribution in [0.5, 0.6) is 17.2 Å². The lowest BCUT2D eigenvalue weighted by atomic mass is 10.1. The van der Waals surface area contributed by atoms with Crippen molar-refractivity contribution in [2.45, 2.75) is 25.9 Å². The number of carbonyl (C=O) groups is 1. The van der Waals surface area contributed by atoms with E-state index in [9.17, 15) is 10.1 Å². The predicted octanol–water partition coefficient (Wildman–Crippen LogP) is 4.40. The molecule has 0 aromatic heterocycles. The van der Waals surface area contributed by atoms with Gasteiger partial charge in [-0.1, -0.05) is 17.7 Å². The number of hydrogen-bond acceptors (Lipinski definition) is 6. The minimum Gasteiger partial charge on any atom is -0.490 e. The monoisotopic (exact) mass is 470 g/mol. The summed E-state index contributed by atoms with van der Waals surface area (Å²) >= 11 is 5.87. The summed E-state index contributed by atoms with van der Waals surface area (Å²) in [5.41, 5.74) is 0.674. The first-order valence-electron chi connectivity index (χ1n) is 10.9. The number of nitrogens with zero attached hydrogens (tertiary/aromatic N) is 1. The van der Waals surface area contributed by atoms with Crippen molar-refractivity contribution in [2.75, 3.05) is 33.0 Å². The summed E-state index contributed by atoms with van der Waals surface area (Å²) < 4.78 is 22.6. The molecule has 1 aliphatic rings. The van der Waals surface area contributed by atoms with Gasteiger partial charge in [0.05, 0.1) is 12.7 Å². The first kappa shape index (κ1) is 24.4. The van der Waals surface area contributed by atoms with Crippen LogP contribution >= 0.6 is 11.6 Å². The lowest BCUT2D eigenvalue weighted by Gasteiger charge is -2.13. The number of benzene rings is 2. The van der Waals surface area contributed by atoms with Crippen LogP contribution in [0.1, 0.15) is 25.3 Å². The molecule has 8 heteroatoms. The third-order valence-electron chi connectivity index (χ3n) is 4.88. The van der Waals surface area contributed by atoms with Crippen LogP contribution in [0.4, 0.5) is 0 Å². The molecule has 0 bridgehead atoms. The molecule has 1 heterocycles. The average Bonchev–Trinajstić information content (AvgIpc) is 3.35. The van der Waals surface area contributed by atoms with Crippen molar-refractivity contribution >= 4 is 23.6 Å². The van der Waals surface area contributed by atoms with Gasteiger partial charge in [-0.15, -0.1) is 0 Å². The van der Waals surface area contributed by atoms with Crippen molar-refractivity contribution in [3.05, 3.63) is 58.6 Å². The molecule has 7 nitrogen and oxygen atoms in total. The molecule has 0 unspecified atom stereocenters. The SMILES string of the molecule is CCOc1cc(/C=C(\C#N)C(=O)NC[C@@H]2CCCO2)ccc1OCCOc1ccc(Cl)cc1. The molecule has 0 aliphatic carbocycles. The number of amides is 1. The first-order chi connectivity index (χ1) is 16.1. The van der Waals surface area contributed by atoms with Gasteiger partial charge in [0.2, 0.25) is 0 Å². The van der Waals surface area contributed by atoms with Crippen LogP contribution in [-0.4, -0.2) is 45.0 Å². The van der Waals surface area contributed by atoms with E-state index in [2.05, 4.69) is 5.32 Å². The zero-order chi connectivity index (χ0) is 23.5. The Morgan fingerprint density at radius 3 is 2.67 bits per heavy atom. The Balaban J connectivity index is 1.59. The second-order valence-corrected chi connectivity index (χ2v) is 7.74. The quantitative estimate of drug-likeness (QED) is 0.297. The van der Waals surface area contributed by atoms with Gasteiger partial charge < -0.3 is 24.3 Å². The van der Waals surface area contributed by atoms with Crippen LogP contribution in [0.2, 0.25) is 5.02 Å². The molecule has 1 fully saturated rings. The van der Waals surface area contributed by atoms with Crippen LogP contribution in [0, 0.1) is 11.3 Å². The predicted molar refractivity (Wildman–Crippen MR) is 126 cm³/mol. The molecule has 0 saturated carbocycles. The van der Waals surface area contributed by atoms with Crippen molar-refractivity contribution < 1.29 is 23.7 Å². The topological polar surface area (TPSA) is 89.8 Å². The standard InChI is InChI=1S/C25H27ClN2O5/c1-2-30-24-15-18(14-19(16-27)25(29)28-17-22-4-3-11-31-22)5-10-23(24)33-13-12-32-21-8-6-20(26)7-9-21/h5-10,14-15,22H,2-4,11-13,17H2,1H3,(H,28,29)/b19-14+/t22-/m0/s1. The van der Waals surface area contributed by atoms with E-state index in [0.717, 1.165) is 12.8 Å². The highest BCUT2D eigenvalue weighted by Crippen LogP contribution is 2.29. The van der Waals surface area contributed by atoms with Crippen LogP contribution in [-0.2, 0) is 9.53 Å². The molecule has 0 spiro atoms. The normalized spacial score (nSPS) is 15.5. The van der Waals surface area contributed by atoms with Crippen molar-refractivity contribution in [1.29, 1.82) is 5.26 Å². The minimum atomic E-state index is -0.425. The number of ether oxygens (including phenoxy) is 4. The van der Waals surface area contributed by atoms with Crippen LogP contribution < -0.4 is 19.5 Å². The summed E-state index contributed by atoms with van der Waals surface area (Å²) in [6.45, 7) is 4.08. The summed E-state index contributed by atoms with van der Waals surface area (Å²) in [6, 6.07) is 14.3. The maximum Gasteiger partial charge on any atom is 0.262 e. The average molecular weight is 471 g/mol. The van der Waals surface area contributed by atoms with E-state index in [1.54, 1.807) is 42.5 Å². The van der Waals surface area contributed by atoms with Gasteiger partial charge in [0.25, 0.3) is 5.91 Å². The molecular formula is C25H27ClN2O5. The molecule has 1 atom stereocenters. The number of hydrogen-bond donors (Lipinski definition) is 1. The second kappa shape index (κ2) is 12.7. The molecular weight excluding hydrogens is 444 g/mol. The molecule has 2 aromatic rings. The molecule has 33 heavy (non-hydrogen) atoms. The Morgan fingerprint density at radius 2 is 1.97 bits per heavy atom. The van der Waals surface area contributed by atoms with E-state index in [0.29, 0.717) is 60.8 Å². The smallest absolute Gasteiger partial charge is 0.262 e. The van der Waals surface area contributed by atoms with E-state index < -0.39 is 5.91 Å². The summed E-state index contributed by atoms with van der Waals surface area (Å²) in [6.07, 6.45) is 3.44. The van der Waals surface area contributed by atoms with E-state index >= 15 is 0 Å². The van der Waals surface area contributed by atoms with Crippen LogP contribution in [0.3, 0.4) is 0 Å². The van der Waals surface area contributed by atoms with E-state index in [1.165, 1.54) is 6.08 Å². The highest BCUT2D eigenvalue weighted by molar-refractivity contribution is 6.30. The van der Waals surface area contributed by atoms with E-state index in [-0.39, 0.29) is 11.7 Å². The highest BCUT2D eigenvalue weighted by Gasteiger charge is 2.18. The van der Waals surface area contributed by atoms with Crippen LogP contribution in [0.15, 0.2) is 48.0 Å². The van der Waals surface area contributed by atoms with E-state index in [1.807, 2.05) is 13.0 Å². The second-order valence-electron chi connectivity index (χ2n) is 7.30. The Labute approximate surface area is 198 Å². The van der Waals surface area contributed by atoms with Crippen molar-refractivity contribution in [1.82, 2.24) is 5.32 Å². The Kier molecular flexibility index (Phi) is 9.43. The molecule has 1 amide bonds. The van der Waals surface area contributed by atoms with Gasteiger partial charge in [0.15, 0.2) is 11.5 Å². The van der Waals surface area contributed by atoms with Gasteiger partial charge in [-0.25, -0.2) is 0 Å². The summed E-state index contributed by atoms with van der Waals surface area (Å²) in [4.78, 5) is 12.4. The fraction of sp³-hybridized carbons (Fsp3) is 0.360. The molecule has 1 N–H and O–H groups in total. The van der Waals surface area contributed by atoms with E-state index in [4.69, 9.17) is 30.5 Å². The lowest BCUT2D eigenvalue weighted by molar-refractivity contribution is -0.117. The van der Waals surface area contributed by atoms with Crippen molar-refractivity contribution in [3.8, 4) is 23.3 Å². The number of carbonyl (C=O) groups excluding carboxylic acids is 1. The zero-order valence-electron chi connectivity index (χ0n) is 18.5. The molecule has 174 valence electrons. The maximum absolute atomic E-state index is 12.4. The largest absolute Gasteiger partial charge is 0.490 e. The van der Waals surface area contributed by atoms with Crippen molar-refractivity contribution in [2.24, 2.45) is 0 Å². The first-order valence-corrected chi connectivity index (χ1v) is 11.3. The Morgan fingerprint density at radius 1 is 1.18 bits per heavy atom. The molecule has 1 aliphatic heterocycles. The Bertz CT molecular complexity index is 995. The molecule has 1 saturated heterocycles. The minimum absolute atomic E-state index is 0.0125. The molecule has 0 radical (unpaired) electrons. The number of nitrogens with one attached hydrogen (secondary N) is 1. The van der Waals surface area contributed by atoms with Gasteiger partial charge in [0, 0.05) is 18.2 Å². The molecule has 2 aromatic carbocycles. The lowest BCUT2D eigenvalue weighted by Crippen LogP contribution is -2.32. The van der Waals surface area contributed by atoms with Crippen LogP contribution in [0.25, 0.3) is 6.08 Å². The number of halogens is 1. The fourth-order valence-electron chi connectivity index (χ4n) is 3.27.